The number of nitriles is 1. The van der Waals surface area contributed by atoms with Crippen molar-refractivity contribution in [3.63, 3.8) is 0 Å². The zero-order valence-corrected chi connectivity index (χ0v) is 11.4. The summed E-state index contributed by atoms with van der Waals surface area (Å²) < 4.78 is 13.5. The molecule has 0 aliphatic heterocycles. The van der Waals surface area contributed by atoms with Crippen LogP contribution in [0.1, 0.15) is 24.5 Å². The molecule has 0 saturated carbocycles. The molecule has 0 radical (unpaired) electrons. The van der Waals surface area contributed by atoms with Gasteiger partial charge in [0.2, 0.25) is 0 Å². The van der Waals surface area contributed by atoms with Crippen LogP contribution in [0.3, 0.4) is 0 Å². The highest BCUT2D eigenvalue weighted by atomic mass is 19.1. The van der Waals surface area contributed by atoms with Gasteiger partial charge < -0.3 is 5.32 Å². The lowest BCUT2D eigenvalue weighted by Crippen LogP contribution is -2.17. The summed E-state index contributed by atoms with van der Waals surface area (Å²) in [7, 11) is 0. The highest BCUT2D eigenvalue weighted by molar-refractivity contribution is 5.58. The lowest BCUT2D eigenvalue weighted by molar-refractivity contribution is 0.623. The highest BCUT2D eigenvalue weighted by Crippen LogP contribution is 2.19. The summed E-state index contributed by atoms with van der Waals surface area (Å²) in [5.74, 6) is -0.479. The normalized spacial score (nSPS) is 11.7. The van der Waals surface area contributed by atoms with Crippen LogP contribution >= 0.6 is 0 Å². The van der Waals surface area contributed by atoms with E-state index in [9.17, 15) is 4.39 Å². The fourth-order valence-corrected chi connectivity index (χ4v) is 2.12. The van der Waals surface area contributed by atoms with Crippen LogP contribution in [0.5, 0.6) is 0 Å². The fraction of sp³-hybridized carbons (Fsp3) is 0.235. The van der Waals surface area contributed by atoms with Crippen LogP contribution in [-0.2, 0) is 6.42 Å². The molecule has 0 amide bonds. The van der Waals surface area contributed by atoms with Gasteiger partial charge in [-0.1, -0.05) is 36.4 Å². The number of nitrogens with one attached hydrogen (secondary N) is 1. The summed E-state index contributed by atoms with van der Waals surface area (Å²) in [4.78, 5) is 0. The van der Waals surface area contributed by atoms with E-state index < -0.39 is 5.82 Å². The van der Waals surface area contributed by atoms with Crippen molar-refractivity contribution in [2.75, 3.05) is 5.32 Å². The smallest absolute Gasteiger partial charge is 0.143 e. The van der Waals surface area contributed by atoms with Crippen LogP contribution in [0.4, 0.5) is 10.1 Å². The fourth-order valence-electron chi connectivity index (χ4n) is 2.12. The average Bonchev–Trinajstić information content (AvgIpc) is 2.46. The van der Waals surface area contributed by atoms with Crippen molar-refractivity contribution in [3.05, 3.63) is 65.5 Å². The SMILES string of the molecule is CC(CCc1ccccc1)Nc1cccc(F)c1C#N. The average molecular weight is 268 g/mol. The van der Waals surface area contributed by atoms with Crippen LogP contribution in [0.25, 0.3) is 0 Å². The maximum atomic E-state index is 13.5. The predicted molar refractivity (Wildman–Crippen MR) is 79.0 cm³/mol. The van der Waals surface area contributed by atoms with E-state index in [1.165, 1.54) is 11.6 Å². The Hall–Kier alpha value is -2.34. The van der Waals surface area contributed by atoms with Crippen molar-refractivity contribution >= 4 is 5.69 Å². The summed E-state index contributed by atoms with van der Waals surface area (Å²) in [5, 5.41) is 12.2. The minimum atomic E-state index is -0.479. The van der Waals surface area contributed by atoms with Crippen LogP contribution in [0, 0.1) is 17.1 Å². The first-order valence-electron chi connectivity index (χ1n) is 6.70. The summed E-state index contributed by atoms with van der Waals surface area (Å²) in [6, 6.07) is 17.0. The predicted octanol–water partition coefficient (Wildman–Crippen LogP) is 4.13. The Balaban J connectivity index is 1.97. The second-order valence-electron chi connectivity index (χ2n) is 4.84. The van der Waals surface area contributed by atoms with Gasteiger partial charge in [-0.3, -0.25) is 0 Å². The quantitative estimate of drug-likeness (QED) is 0.885. The van der Waals surface area contributed by atoms with Crippen LogP contribution in [0.15, 0.2) is 48.5 Å². The number of anilines is 1. The molecule has 0 fully saturated rings. The van der Waals surface area contributed by atoms with Crippen molar-refractivity contribution in [2.45, 2.75) is 25.8 Å². The molecular formula is C17H17FN2. The number of hydrogen-bond donors (Lipinski definition) is 1. The van der Waals surface area contributed by atoms with Crippen molar-refractivity contribution in [1.82, 2.24) is 0 Å². The second-order valence-corrected chi connectivity index (χ2v) is 4.84. The number of benzene rings is 2. The van der Waals surface area contributed by atoms with E-state index in [2.05, 4.69) is 17.4 Å². The van der Waals surface area contributed by atoms with Gasteiger partial charge in [-0.25, -0.2) is 4.39 Å². The molecule has 1 N–H and O–H groups in total. The Morgan fingerprint density at radius 1 is 1.15 bits per heavy atom. The molecule has 2 aromatic carbocycles. The lowest BCUT2D eigenvalue weighted by Gasteiger charge is -2.16. The first-order valence-corrected chi connectivity index (χ1v) is 6.70. The highest BCUT2D eigenvalue weighted by Gasteiger charge is 2.10. The van der Waals surface area contributed by atoms with Gasteiger partial charge >= 0.3 is 0 Å². The standard InChI is InChI=1S/C17H17FN2/c1-13(10-11-14-6-3-2-4-7-14)20-17-9-5-8-16(18)15(17)12-19/h2-9,13,20H,10-11H2,1H3. The van der Waals surface area contributed by atoms with Crippen molar-refractivity contribution in [2.24, 2.45) is 0 Å². The largest absolute Gasteiger partial charge is 0.381 e. The van der Waals surface area contributed by atoms with Gasteiger partial charge in [0.25, 0.3) is 0 Å². The van der Waals surface area contributed by atoms with Crippen LogP contribution in [0.2, 0.25) is 0 Å². The van der Waals surface area contributed by atoms with Gasteiger partial charge in [0, 0.05) is 6.04 Å². The Labute approximate surface area is 118 Å². The Kier molecular flexibility index (Phi) is 4.73. The molecule has 1 unspecified atom stereocenters. The van der Waals surface area contributed by atoms with Crippen molar-refractivity contribution < 1.29 is 4.39 Å². The third-order valence-electron chi connectivity index (χ3n) is 3.24. The Morgan fingerprint density at radius 3 is 2.60 bits per heavy atom. The molecule has 1 atom stereocenters. The van der Waals surface area contributed by atoms with E-state index in [0.29, 0.717) is 5.69 Å². The third-order valence-corrected chi connectivity index (χ3v) is 3.24. The Bertz CT molecular complexity index is 602. The number of aryl methyl sites for hydroxylation is 1. The molecule has 20 heavy (non-hydrogen) atoms. The maximum Gasteiger partial charge on any atom is 0.143 e. The van der Waals surface area contributed by atoms with E-state index in [-0.39, 0.29) is 11.6 Å². The second kappa shape index (κ2) is 6.72. The number of halogens is 1. The molecule has 0 saturated heterocycles. The van der Waals surface area contributed by atoms with Gasteiger partial charge in [0.05, 0.1) is 5.69 Å². The zero-order valence-electron chi connectivity index (χ0n) is 11.4. The van der Waals surface area contributed by atoms with Crippen LogP contribution in [-0.4, -0.2) is 6.04 Å². The van der Waals surface area contributed by atoms with E-state index in [0.717, 1.165) is 12.8 Å². The molecule has 2 aromatic rings. The van der Waals surface area contributed by atoms with Gasteiger partial charge in [0.1, 0.15) is 17.4 Å². The molecule has 0 aliphatic carbocycles. The van der Waals surface area contributed by atoms with Gasteiger partial charge in [-0.15, -0.1) is 0 Å². The Morgan fingerprint density at radius 2 is 1.90 bits per heavy atom. The monoisotopic (exact) mass is 268 g/mol. The van der Waals surface area contributed by atoms with E-state index in [1.807, 2.05) is 31.2 Å². The summed E-state index contributed by atoms with van der Waals surface area (Å²) in [5.41, 5.74) is 1.92. The minimum absolute atomic E-state index is 0.0825. The molecule has 102 valence electrons. The molecule has 0 heterocycles. The molecule has 0 aliphatic rings. The minimum Gasteiger partial charge on any atom is -0.381 e. The van der Waals surface area contributed by atoms with Gasteiger partial charge in [0.15, 0.2) is 0 Å². The number of rotatable bonds is 5. The molecule has 3 heteroatoms. The van der Waals surface area contributed by atoms with E-state index in [1.54, 1.807) is 12.1 Å². The first kappa shape index (κ1) is 14.1. The third kappa shape index (κ3) is 3.58. The zero-order chi connectivity index (χ0) is 14.4. The number of hydrogen-bond acceptors (Lipinski definition) is 2. The van der Waals surface area contributed by atoms with E-state index >= 15 is 0 Å². The van der Waals surface area contributed by atoms with Crippen molar-refractivity contribution in [1.29, 1.82) is 5.26 Å². The summed E-state index contributed by atoms with van der Waals surface area (Å²) in [6.45, 7) is 2.04. The molecule has 2 rings (SSSR count). The van der Waals surface area contributed by atoms with Gasteiger partial charge in [-0.2, -0.15) is 5.26 Å². The van der Waals surface area contributed by atoms with E-state index in [4.69, 9.17) is 5.26 Å². The molecule has 0 spiro atoms. The van der Waals surface area contributed by atoms with Crippen molar-refractivity contribution in [3.8, 4) is 6.07 Å². The number of nitrogens with zero attached hydrogens (tertiary/aromatic N) is 1. The maximum absolute atomic E-state index is 13.5. The summed E-state index contributed by atoms with van der Waals surface area (Å²) in [6.07, 6.45) is 1.87. The lowest BCUT2D eigenvalue weighted by atomic mass is 10.1. The van der Waals surface area contributed by atoms with Crippen LogP contribution < -0.4 is 5.32 Å². The van der Waals surface area contributed by atoms with Gasteiger partial charge in [-0.05, 0) is 37.5 Å². The topological polar surface area (TPSA) is 35.8 Å². The molecule has 0 aromatic heterocycles. The molecular weight excluding hydrogens is 251 g/mol. The molecule has 0 bridgehead atoms. The molecule has 2 nitrogen and oxygen atoms in total. The summed E-state index contributed by atoms with van der Waals surface area (Å²) >= 11 is 0. The first-order chi connectivity index (χ1) is 9.70.